The van der Waals surface area contributed by atoms with Gasteiger partial charge in [0.05, 0.1) is 0 Å². The minimum Gasteiger partial charge on any atom is -0.352 e. The zero-order valence-corrected chi connectivity index (χ0v) is 12.8. The molecule has 0 aliphatic carbocycles. The van der Waals surface area contributed by atoms with Crippen molar-refractivity contribution < 1.29 is 17.8 Å². The zero-order valence-electron chi connectivity index (χ0n) is 11.1. The van der Waals surface area contributed by atoms with Crippen LogP contribution in [0.1, 0.15) is 31.1 Å². The number of hydrogen-bond donors (Lipinski definition) is 3. The zero-order chi connectivity index (χ0) is 15.1. The van der Waals surface area contributed by atoms with E-state index in [-0.39, 0.29) is 11.3 Å². The van der Waals surface area contributed by atoms with Gasteiger partial charge < -0.3 is 5.32 Å². The summed E-state index contributed by atoms with van der Waals surface area (Å²) in [6.07, 6.45) is 0. The number of nitrogens with one attached hydrogen (secondary N) is 1. The van der Waals surface area contributed by atoms with Gasteiger partial charge in [0.25, 0.3) is 5.91 Å². The molecule has 0 saturated heterocycles. The van der Waals surface area contributed by atoms with Crippen molar-refractivity contribution in [3.05, 3.63) is 35.9 Å². The lowest BCUT2D eigenvalue weighted by Crippen LogP contribution is -2.32. The first-order valence-corrected chi connectivity index (χ1v) is 8.01. The van der Waals surface area contributed by atoms with E-state index in [0.29, 0.717) is 6.54 Å². The average Bonchev–Trinajstić information content (AvgIpc) is 2.24. The first-order valence-electron chi connectivity index (χ1n) is 5.52. The van der Waals surface area contributed by atoms with E-state index in [4.69, 9.17) is 13.0 Å². The van der Waals surface area contributed by atoms with Crippen LogP contribution in [0.3, 0.4) is 0 Å². The van der Waals surface area contributed by atoms with Crippen molar-refractivity contribution in [2.75, 3.05) is 6.54 Å². The van der Waals surface area contributed by atoms with Gasteiger partial charge in [-0.1, -0.05) is 39.0 Å². The molecule has 1 aromatic rings. The summed E-state index contributed by atoms with van der Waals surface area (Å²) in [5, 5.41) is 2.90. The molecule has 7 heteroatoms. The summed E-state index contributed by atoms with van der Waals surface area (Å²) in [4.78, 5) is 11.6. The Morgan fingerprint density at radius 3 is 2.05 bits per heavy atom. The van der Waals surface area contributed by atoms with Gasteiger partial charge in [-0.3, -0.25) is 9.35 Å². The number of rotatable bonds is 2. The Morgan fingerprint density at radius 1 is 1.26 bits per heavy atom. The Bertz CT molecular complexity index is 484. The van der Waals surface area contributed by atoms with Crippen LogP contribution < -0.4 is 5.32 Å². The third-order valence-electron chi connectivity index (χ3n) is 1.82. The molecule has 0 heterocycles. The van der Waals surface area contributed by atoms with Gasteiger partial charge in [-0.15, -0.1) is 0 Å². The van der Waals surface area contributed by atoms with Crippen LogP contribution in [0.2, 0.25) is 0 Å². The first-order chi connectivity index (χ1) is 8.49. The minimum absolute atomic E-state index is 0.000486. The average molecular weight is 305 g/mol. The number of benzene rings is 1. The van der Waals surface area contributed by atoms with E-state index in [1.165, 1.54) is 0 Å². The smallest absolute Gasteiger partial charge is 0.316 e. The van der Waals surface area contributed by atoms with Crippen molar-refractivity contribution in [3.63, 3.8) is 0 Å². The molecule has 0 radical (unpaired) electrons. The van der Waals surface area contributed by atoms with E-state index in [2.05, 4.69) is 37.7 Å². The summed E-state index contributed by atoms with van der Waals surface area (Å²) in [5.41, 5.74) is 0.849. The summed E-state index contributed by atoms with van der Waals surface area (Å²) >= 11 is 2.65. The highest BCUT2D eigenvalue weighted by Gasteiger charge is 2.12. The van der Waals surface area contributed by atoms with Gasteiger partial charge in [-0.25, -0.2) is 0 Å². The highest BCUT2D eigenvalue weighted by molar-refractivity contribution is 8.61. The van der Waals surface area contributed by atoms with Gasteiger partial charge in [-0.2, -0.15) is 8.42 Å². The maximum Gasteiger partial charge on any atom is 0.316 e. The van der Waals surface area contributed by atoms with Gasteiger partial charge in [0.15, 0.2) is 0 Å². The van der Waals surface area contributed by atoms with Crippen LogP contribution in [0.4, 0.5) is 0 Å². The summed E-state index contributed by atoms with van der Waals surface area (Å²) in [7, 11) is -3.97. The van der Waals surface area contributed by atoms with E-state index >= 15 is 0 Å². The quantitative estimate of drug-likeness (QED) is 0.444. The fraction of sp³-hybridized carbons (Fsp3) is 0.417. The second kappa shape index (κ2) is 7.52. The Labute approximate surface area is 119 Å². The van der Waals surface area contributed by atoms with Crippen molar-refractivity contribution in [2.45, 2.75) is 20.8 Å². The summed E-state index contributed by atoms with van der Waals surface area (Å²) in [6.45, 7) is 6.98. The van der Waals surface area contributed by atoms with Crippen molar-refractivity contribution in [1.82, 2.24) is 5.32 Å². The normalized spacial score (nSPS) is 11.2. The highest BCUT2D eigenvalue weighted by atomic mass is 33.1. The molecular weight excluding hydrogens is 286 g/mol. The summed E-state index contributed by atoms with van der Waals surface area (Å²) in [6, 6.07) is 9.27. The summed E-state index contributed by atoms with van der Waals surface area (Å²) in [5.74, 6) is 0.000486. The van der Waals surface area contributed by atoms with Crippen LogP contribution in [-0.2, 0) is 9.15 Å². The van der Waals surface area contributed by atoms with Crippen LogP contribution in [-0.4, -0.2) is 25.4 Å². The number of amides is 1. The topological polar surface area (TPSA) is 83.5 Å². The lowest BCUT2D eigenvalue weighted by molar-refractivity contribution is 0.0939. The van der Waals surface area contributed by atoms with E-state index in [1.54, 1.807) is 0 Å². The van der Waals surface area contributed by atoms with Crippen molar-refractivity contribution in [2.24, 2.45) is 5.41 Å². The van der Waals surface area contributed by atoms with Crippen LogP contribution in [0.5, 0.6) is 0 Å². The predicted octanol–water partition coefficient (Wildman–Crippen LogP) is 2.18. The third-order valence-corrected chi connectivity index (χ3v) is 1.82. The molecule has 5 nitrogen and oxygen atoms in total. The van der Waals surface area contributed by atoms with E-state index in [9.17, 15) is 4.79 Å². The SMILES string of the molecule is CC(C)(C)CNC(=O)c1ccccc1.O=S(=O)(O)S. The van der Waals surface area contributed by atoms with Crippen LogP contribution in [0.25, 0.3) is 0 Å². The lowest BCUT2D eigenvalue weighted by Gasteiger charge is -2.18. The van der Waals surface area contributed by atoms with Gasteiger partial charge in [0.2, 0.25) is 0 Å². The fourth-order valence-corrected chi connectivity index (χ4v) is 1.04. The minimum atomic E-state index is -3.97. The van der Waals surface area contributed by atoms with Crippen molar-refractivity contribution in [3.8, 4) is 0 Å². The molecule has 0 aliphatic heterocycles. The molecule has 0 aliphatic rings. The molecule has 0 aromatic heterocycles. The molecule has 108 valence electrons. The first kappa shape index (κ1) is 17.9. The molecular formula is C12H19NO4S2. The molecule has 1 rings (SSSR count). The van der Waals surface area contributed by atoms with E-state index in [1.807, 2.05) is 30.3 Å². The lowest BCUT2D eigenvalue weighted by atomic mass is 9.97. The molecule has 1 amide bonds. The van der Waals surface area contributed by atoms with Gasteiger partial charge in [-0.05, 0) is 29.2 Å². The molecule has 0 bridgehead atoms. The Morgan fingerprint density at radius 2 is 1.68 bits per heavy atom. The van der Waals surface area contributed by atoms with Gasteiger partial charge in [0, 0.05) is 12.1 Å². The van der Waals surface area contributed by atoms with E-state index in [0.717, 1.165) is 5.56 Å². The molecule has 0 saturated carbocycles. The molecule has 0 atom stereocenters. The van der Waals surface area contributed by atoms with Crippen LogP contribution in [0.15, 0.2) is 30.3 Å². The van der Waals surface area contributed by atoms with E-state index < -0.39 is 9.15 Å². The Balaban J connectivity index is 0.000000555. The number of carbonyl (C=O) groups excluding carboxylic acids is 1. The predicted molar refractivity (Wildman–Crippen MR) is 78.8 cm³/mol. The third kappa shape index (κ3) is 13.2. The highest BCUT2D eigenvalue weighted by Crippen LogP contribution is 2.10. The van der Waals surface area contributed by atoms with Crippen molar-refractivity contribution in [1.29, 1.82) is 0 Å². The molecule has 0 spiro atoms. The molecule has 0 unspecified atom stereocenters. The Hall–Kier alpha value is -1.05. The van der Waals surface area contributed by atoms with Crippen molar-refractivity contribution >= 4 is 26.7 Å². The maximum atomic E-state index is 11.6. The molecule has 1 aromatic carbocycles. The maximum absolute atomic E-state index is 11.6. The van der Waals surface area contributed by atoms with Crippen LogP contribution in [0, 0.1) is 5.41 Å². The standard InChI is InChI=1S/C12H17NO.H2O3S2/c1-12(2,3)9-13-11(14)10-7-5-4-6-8-10;1-5(2,3)4/h4-8H,9H2,1-3H3,(H,13,14);(H2,1,2,3,4). The summed E-state index contributed by atoms with van der Waals surface area (Å²) < 4.78 is 25.5. The second-order valence-electron chi connectivity index (χ2n) is 5.06. The number of thiol groups is 1. The second-order valence-corrected chi connectivity index (χ2v) is 7.34. The fourth-order valence-electron chi connectivity index (χ4n) is 1.04. The molecule has 0 fully saturated rings. The van der Waals surface area contributed by atoms with Crippen LogP contribution >= 0.6 is 11.7 Å². The monoisotopic (exact) mass is 305 g/mol. The molecule has 2 N–H and O–H groups in total. The largest absolute Gasteiger partial charge is 0.352 e. The molecule has 19 heavy (non-hydrogen) atoms. The van der Waals surface area contributed by atoms with Gasteiger partial charge >= 0.3 is 9.15 Å². The number of hydrogen-bond acceptors (Lipinski definition) is 3. The Kier molecular flexibility index (Phi) is 7.10. The van der Waals surface area contributed by atoms with Gasteiger partial charge in [0.1, 0.15) is 0 Å². The number of carbonyl (C=O) groups is 1.